The van der Waals surface area contributed by atoms with Crippen LogP contribution < -0.4 is 5.32 Å². The van der Waals surface area contributed by atoms with Gasteiger partial charge in [0, 0.05) is 16.5 Å². The number of carbonyl (C=O) groups excluding carboxylic acids is 1. The number of thioether (sulfide) groups is 1. The summed E-state index contributed by atoms with van der Waals surface area (Å²) in [5.41, 5.74) is 1.47. The first-order valence-corrected chi connectivity index (χ1v) is 9.44. The molecule has 24 heavy (non-hydrogen) atoms. The SMILES string of the molecule is CSc1ccc(Cl)c(C(=O)NCC(c2ccccc2Cl)N(C)C)c1. The van der Waals surface area contributed by atoms with Crippen molar-refractivity contribution < 1.29 is 4.79 Å². The van der Waals surface area contributed by atoms with Crippen LogP contribution in [0.4, 0.5) is 0 Å². The minimum atomic E-state index is -0.185. The molecule has 0 aliphatic heterocycles. The zero-order chi connectivity index (χ0) is 17.7. The molecule has 1 unspecified atom stereocenters. The number of nitrogens with one attached hydrogen (secondary N) is 1. The Hall–Kier alpha value is -1.20. The highest BCUT2D eigenvalue weighted by molar-refractivity contribution is 7.98. The largest absolute Gasteiger partial charge is 0.350 e. The summed E-state index contributed by atoms with van der Waals surface area (Å²) in [6.45, 7) is 0.440. The Labute approximate surface area is 157 Å². The normalized spacial score (nSPS) is 12.2. The summed E-state index contributed by atoms with van der Waals surface area (Å²) in [7, 11) is 3.92. The van der Waals surface area contributed by atoms with Crippen LogP contribution in [-0.4, -0.2) is 37.7 Å². The Kier molecular flexibility index (Phi) is 6.99. The fraction of sp³-hybridized carbons (Fsp3) is 0.278. The van der Waals surface area contributed by atoms with E-state index in [0.29, 0.717) is 22.2 Å². The number of carbonyl (C=O) groups is 1. The van der Waals surface area contributed by atoms with Crippen LogP contribution in [0.5, 0.6) is 0 Å². The molecule has 0 saturated carbocycles. The molecule has 0 saturated heterocycles. The molecular formula is C18H20Cl2N2OS. The second kappa shape index (κ2) is 8.77. The van der Waals surface area contributed by atoms with Crippen molar-refractivity contribution in [1.82, 2.24) is 10.2 Å². The zero-order valence-electron chi connectivity index (χ0n) is 13.8. The van der Waals surface area contributed by atoms with Gasteiger partial charge in [-0.25, -0.2) is 0 Å². The molecule has 2 aromatic rings. The third-order valence-corrected chi connectivity index (χ3v) is 5.16. The standard InChI is InChI=1S/C18H20Cl2N2OS/c1-22(2)17(13-6-4-5-7-15(13)19)11-21-18(23)14-10-12(24-3)8-9-16(14)20/h4-10,17H,11H2,1-3H3,(H,21,23). The highest BCUT2D eigenvalue weighted by atomic mass is 35.5. The molecule has 1 atom stereocenters. The van der Waals surface area contributed by atoms with Crippen molar-refractivity contribution in [3.05, 3.63) is 63.6 Å². The zero-order valence-corrected chi connectivity index (χ0v) is 16.2. The van der Waals surface area contributed by atoms with Crippen molar-refractivity contribution in [2.75, 3.05) is 26.9 Å². The van der Waals surface area contributed by atoms with Crippen LogP contribution in [0, 0.1) is 0 Å². The van der Waals surface area contributed by atoms with Crippen LogP contribution >= 0.6 is 35.0 Å². The number of nitrogens with zero attached hydrogens (tertiary/aromatic N) is 1. The minimum Gasteiger partial charge on any atom is -0.350 e. The van der Waals surface area contributed by atoms with Crippen LogP contribution in [0.25, 0.3) is 0 Å². The maximum absolute atomic E-state index is 12.5. The van der Waals surface area contributed by atoms with E-state index in [4.69, 9.17) is 23.2 Å². The van der Waals surface area contributed by atoms with E-state index in [1.165, 1.54) is 0 Å². The average Bonchev–Trinajstić information content (AvgIpc) is 2.56. The molecule has 2 aromatic carbocycles. The van der Waals surface area contributed by atoms with Crippen molar-refractivity contribution in [1.29, 1.82) is 0 Å². The van der Waals surface area contributed by atoms with Gasteiger partial charge < -0.3 is 10.2 Å². The molecule has 0 fully saturated rings. The monoisotopic (exact) mass is 382 g/mol. The first-order valence-electron chi connectivity index (χ1n) is 7.46. The Morgan fingerprint density at radius 3 is 2.50 bits per heavy atom. The fourth-order valence-electron chi connectivity index (χ4n) is 2.41. The predicted molar refractivity (Wildman–Crippen MR) is 103 cm³/mol. The Morgan fingerprint density at radius 1 is 1.17 bits per heavy atom. The van der Waals surface area contributed by atoms with E-state index in [-0.39, 0.29) is 11.9 Å². The number of rotatable bonds is 6. The summed E-state index contributed by atoms with van der Waals surface area (Å²) in [5.74, 6) is -0.185. The molecule has 1 N–H and O–H groups in total. The van der Waals surface area contributed by atoms with Gasteiger partial charge in [0.1, 0.15) is 0 Å². The molecule has 0 aliphatic carbocycles. The Bertz CT molecular complexity index is 722. The van der Waals surface area contributed by atoms with Gasteiger partial charge in [0.15, 0.2) is 0 Å². The topological polar surface area (TPSA) is 32.3 Å². The smallest absolute Gasteiger partial charge is 0.252 e. The summed E-state index contributed by atoms with van der Waals surface area (Å²) in [4.78, 5) is 15.5. The van der Waals surface area contributed by atoms with Crippen molar-refractivity contribution in [3.63, 3.8) is 0 Å². The van der Waals surface area contributed by atoms with E-state index in [0.717, 1.165) is 10.5 Å². The molecule has 1 amide bonds. The highest BCUT2D eigenvalue weighted by Crippen LogP contribution is 2.26. The maximum Gasteiger partial charge on any atom is 0.252 e. The predicted octanol–water partition coefficient (Wildman–Crippen LogP) is 4.75. The van der Waals surface area contributed by atoms with E-state index in [1.807, 2.05) is 61.6 Å². The van der Waals surface area contributed by atoms with Crippen LogP contribution in [0.2, 0.25) is 10.0 Å². The molecule has 0 heterocycles. The van der Waals surface area contributed by atoms with Crippen molar-refractivity contribution in [3.8, 4) is 0 Å². The van der Waals surface area contributed by atoms with Crippen molar-refractivity contribution in [2.24, 2.45) is 0 Å². The lowest BCUT2D eigenvalue weighted by molar-refractivity contribution is 0.0942. The van der Waals surface area contributed by atoms with E-state index < -0.39 is 0 Å². The minimum absolute atomic E-state index is 0.0230. The summed E-state index contributed by atoms with van der Waals surface area (Å²) >= 11 is 14.0. The van der Waals surface area contributed by atoms with Gasteiger partial charge in [-0.05, 0) is 50.2 Å². The van der Waals surface area contributed by atoms with Crippen molar-refractivity contribution >= 4 is 40.9 Å². The molecule has 6 heteroatoms. The molecule has 0 bridgehead atoms. The molecule has 2 rings (SSSR count). The van der Waals surface area contributed by atoms with Crippen LogP contribution in [0.15, 0.2) is 47.4 Å². The number of halogens is 2. The average molecular weight is 383 g/mol. The fourth-order valence-corrected chi connectivity index (χ4v) is 3.31. The van der Waals surface area contributed by atoms with Crippen LogP contribution in [-0.2, 0) is 0 Å². The van der Waals surface area contributed by atoms with Gasteiger partial charge in [0.2, 0.25) is 0 Å². The third-order valence-electron chi connectivity index (χ3n) is 3.76. The second-order valence-electron chi connectivity index (χ2n) is 5.56. The third kappa shape index (κ3) is 4.67. The molecule has 0 spiro atoms. The lowest BCUT2D eigenvalue weighted by Crippen LogP contribution is -2.34. The van der Waals surface area contributed by atoms with Gasteiger partial charge in [0.05, 0.1) is 16.6 Å². The molecule has 3 nitrogen and oxygen atoms in total. The summed E-state index contributed by atoms with van der Waals surface area (Å²) < 4.78 is 0. The van der Waals surface area contributed by atoms with Crippen LogP contribution in [0.1, 0.15) is 22.0 Å². The van der Waals surface area contributed by atoms with Gasteiger partial charge in [-0.1, -0.05) is 41.4 Å². The van der Waals surface area contributed by atoms with Gasteiger partial charge in [0.25, 0.3) is 5.91 Å². The Morgan fingerprint density at radius 2 is 1.88 bits per heavy atom. The lowest BCUT2D eigenvalue weighted by Gasteiger charge is -2.26. The first-order chi connectivity index (χ1) is 11.4. The molecule has 0 aliphatic rings. The number of amides is 1. The van der Waals surface area contributed by atoms with E-state index in [1.54, 1.807) is 17.8 Å². The molecule has 128 valence electrons. The number of likely N-dealkylation sites (N-methyl/N-ethyl adjacent to an activating group) is 1. The Balaban J connectivity index is 2.15. The first kappa shape index (κ1) is 19.1. The van der Waals surface area contributed by atoms with Gasteiger partial charge >= 0.3 is 0 Å². The number of hydrogen-bond donors (Lipinski definition) is 1. The molecule has 0 aromatic heterocycles. The van der Waals surface area contributed by atoms with E-state index in [9.17, 15) is 4.79 Å². The highest BCUT2D eigenvalue weighted by Gasteiger charge is 2.19. The number of hydrogen-bond acceptors (Lipinski definition) is 3. The van der Waals surface area contributed by atoms with Gasteiger partial charge in [-0.3, -0.25) is 4.79 Å². The number of benzene rings is 2. The second-order valence-corrected chi connectivity index (χ2v) is 7.25. The van der Waals surface area contributed by atoms with E-state index in [2.05, 4.69) is 5.32 Å². The maximum atomic E-state index is 12.5. The molecule has 0 radical (unpaired) electrons. The van der Waals surface area contributed by atoms with Gasteiger partial charge in [-0.2, -0.15) is 0 Å². The summed E-state index contributed by atoms with van der Waals surface area (Å²) in [6.07, 6.45) is 1.96. The van der Waals surface area contributed by atoms with Gasteiger partial charge in [-0.15, -0.1) is 11.8 Å². The van der Waals surface area contributed by atoms with Crippen LogP contribution in [0.3, 0.4) is 0 Å². The quantitative estimate of drug-likeness (QED) is 0.731. The molecular weight excluding hydrogens is 363 g/mol. The summed E-state index contributed by atoms with van der Waals surface area (Å²) in [6, 6.07) is 13.1. The van der Waals surface area contributed by atoms with E-state index >= 15 is 0 Å². The lowest BCUT2D eigenvalue weighted by atomic mass is 10.1. The van der Waals surface area contributed by atoms with Crippen molar-refractivity contribution in [2.45, 2.75) is 10.9 Å². The summed E-state index contributed by atoms with van der Waals surface area (Å²) in [5, 5.41) is 4.10.